The predicted octanol–water partition coefficient (Wildman–Crippen LogP) is 3.56. The quantitative estimate of drug-likeness (QED) is 0.110. The van der Waals surface area contributed by atoms with Crippen LogP contribution >= 0.6 is 11.6 Å². The Morgan fingerprint density at radius 2 is 1.70 bits per heavy atom. The number of sulfonamides is 1. The number of pyridine rings is 1. The van der Waals surface area contributed by atoms with E-state index in [-0.39, 0.29) is 55.7 Å². The highest BCUT2D eigenvalue weighted by atomic mass is 35.5. The van der Waals surface area contributed by atoms with Crippen molar-refractivity contribution >= 4 is 27.6 Å². The summed E-state index contributed by atoms with van der Waals surface area (Å²) >= 11 is 6.23. The van der Waals surface area contributed by atoms with Crippen molar-refractivity contribution in [3.8, 4) is 5.88 Å². The van der Waals surface area contributed by atoms with Gasteiger partial charge in [0.25, 0.3) is 10.0 Å². The summed E-state index contributed by atoms with van der Waals surface area (Å²) in [7, 11) is 0.252. The van der Waals surface area contributed by atoms with Gasteiger partial charge in [-0.2, -0.15) is 4.31 Å². The van der Waals surface area contributed by atoms with Crippen LogP contribution < -0.4 is 15.4 Å². The molecule has 20 nitrogen and oxygen atoms in total. The Kier molecular flexibility index (Phi) is 20.0. The number of aryl methyl sites for hydroxylation is 1. The lowest BCUT2D eigenvalue weighted by Crippen LogP contribution is -2.70. The fraction of sp³-hybridized carbons (Fsp3) is 0.816. The minimum absolute atomic E-state index is 0.00980. The van der Waals surface area contributed by atoms with Crippen LogP contribution in [-0.2, 0) is 50.3 Å². The number of carbonyl (C=O) groups is 1. The molecule has 0 aromatic carbocycles. The minimum atomic E-state index is -4.27. The number of aliphatic hydroxyl groups excluding tert-OH is 1. The van der Waals surface area contributed by atoms with Gasteiger partial charge < -0.3 is 68.8 Å². The number of halogens is 1. The molecule has 3 aliphatic heterocycles. The van der Waals surface area contributed by atoms with E-state index in [0.29, 0.717) is 11.6 Å². The van der Waals surface area contributed by atoms with Crippen LogP contribution in [0.2, 0.25) is 5.02 Å². The molecule has 0 saturated carbocycles. The Balaban J connectivity index is 1.66. The number of aliphatic hydroxyl groups is 4. The molecule has 3 aliphatic rings. The fourth-order valence-corrected chi connectivity index (χ4v) is 12.2. The molecule has 71 heavy (non-hydrogen) atoms. The van der Waals surface area contributed by atoms with Crippen molar-refractivity contribution in [2.45, 2.75) is 203 Å². The fourth-order valence-electron chi connectivity index (χ4n) is 10.6. The molecule has 3 saturated heterocycles. The van der Waals surface area contributed by atoms with Gasteiger partial charge in [-0.1, -0.05) is 39.3 Å². The Morgan fingerprint density at radius 1 is 1.01 bits per heavy atom. The summed E-state index contributed by atoms with van der Waals surface area (Å²) in [5.41, 5.74) is -6.41. The van der Waals surface area contributed by atoms with Gasteiger partial charge in [-0.15, -0.1) is 0 Å². The lowest BCUT2D eigenvalue weighted by molar-refractivity contribution is -0.335. The molecule has 1 unspecified atom stereocenters. The van der Waals surface area contributed by atoms with Crippen LogP contribution in [0.5, 0.6) is 5.88 Å². The second kappa shape index (κ2) is 23.9. The summed E-state index contributed by atoms with van der Waals surface area (Å²) in [4.78, 5) is 23.2. The first-order chi connectivity index (χ1) is 33.1. The van der Waals surface area contributed by atoms with E-state index >= 15 is 0 Å². The van der Waals surface area contributed by atoms with Gasteiger partial charge in [0.1, 0.15) is 29.0 Å². The molecule has 6 N–H and O–H groups in total. The van der Waals surface area contributed by atoms with E-state index < -0.39 is 118 Å². The largest absolute Gasteiger partial charge is 0.467 e. The number of cyclic esters (lactones) is 1. The zero-order valence-corrected chi connectivity index (χ0v) is 45.6. The lowest BCUT2D eigenvalue weighted by Gasteiger charge is -2.53. The first-order valence-electron chi connectivity index (χ1n) is 25.0. The molecule has 22 heteroatoms. The summed E-state index contributed by atoms with van der Waals surface area (Å²) in [5.74, 6) is -3.10. The van der Waals surface area contributed by atoms with Crippen LogP contribution in [0.25, 0.3) is 0 Å². The molecule has 3 fully saturated rings. The van der Waals surface area contributed by atoms with Gasteiger partial charge in [-0.25, -0.2) is 18.4 Å². The van der Waals surface area contributed by atoms with Crippen molar-refractivity contribution in [2.75, 3.05) is 33.8 Å². The van der Waals surface area contributed by atoms with Crippen molar-refractivity contribution in [3.05, 3.63) is 35.7 Å². The average Bonchev–Trinajstić information content (AvgIpc) is 3.76. The van der Waals surface area contributed by atoms with E-state index in [9.17, 15) is 33.6 Å². The second-order valence-corrected chi connectivity index (χ2v) is 23.3. The van der Waals surface area contributed by atoms with Crippen LogP contribution in [0.15, 0.2) is 35.9 Å². The molecular formula is C49H83ClN6O14S. The van der Waals surface area contributed by atoms with Gasteiger partial charge in [-0.3, -0.25) is 4.79 Å². The SMILES string of the molecule is CCCNC[C@@]1(O)[C@@H](C)OC(O[C@H]2[C@H](C)[C@@H](O[C@@H]3O[C@H](C)C[C@H](N(C)S(=O)(=O)c4nccn4C)[C@H]3Oc3ccc(Cl)cn3)[C@](C)(O)C[C@@H](C)CN[C@H](C)[C@@H](O)[C@](C)(O)[C@@H](CC)OC(=O)[C@@H]2C)C[C@]1(C)OC. The zero-order chi connectivity index (χ0) is 53.0. The van der Waals surface area contributed by atoms with E-state index in [4.69, 9.17) is 44.8 Å². The third-order valence-corrected chi connectivity index (χ3v) is 17.2. The first kappa shape index (κ1) is 59.3. The van der Waals surface area contributed by atoms with Gasteiger partial charge >= 0.3 is 5.97 Å². The molecule has 18 atom stereocenters. The summed E-state index contributed by atoms with van der Waals surface area (Å²) in [6, 6.07) is 1.47. The van der Waals surface area contributed by atoms with Crippen molar-refractivity contribution < 1.29 is 66.8 Å². The molecule has 5 rings (SSSR count). The number of hydrogen-bond donors (Lipinski definition) is 6. The Morgan fingerprint density at radius 3 is 2.30 bits per heavy atom. The third-order valence-electron chi connectivity index (χ3n) is 15.1. The number of likely N-dealkylation sites (N-methyl/N-ethyl adjacent to an activating group) is 1. The number of carbonyl (C=O) groups excluding carboxylic acids is 1. The minimum Gasteiger partial charge on any atom is -0.467 e. The molecule has 0 amide bonds. The normalized spacial score (nSPS) is 40.4. The van der Waals surface area contributed by atoms with Gasteiger partial charge in [0.15, 0.2) is 18.7 Å². The molecular weight excluding hydrogens is 964 g/mol. The number of nitrogens with one attached hydrogen (secondary N) is 2. The Labute approximate surface area is 425 Å². The van der Waals surface area contributed by atoms with Crippen LogP contribution in [0, 0.1) is 17.8 Å². The number of rotatable bonds is 15. The highest BCUT2D eigenvalue weighted by Gasteiger charge is 2.59. The highest BCUT2D eigenvalue weighted by molar-refractivity contribution is 7.89. The van der Waals surface area contributed by atoms with E-state index in [1.165, 1.54) is 54.6 Å². The van der Waals surface area contributed by atoms with Crippen LogP contribution in [0.3, 0.4) is 0 Å². The summed E-state index contributed by atoms with van der Waals surface area (Å²) < 4.78 is 77.3. The monoisotopic (exact) mass is 1050 g/mol. The third kappa shape index (κ3) is 13.1. The van der Waals surface area contributed by atoms with E-state index in [1.54, 1.807) is 68.5 Å². The van der Waals surface area contributed by atoms with E-state index in [1.807, 2.05) is 13.8 Å². The number of methoxy groups -OCH3 is 1. The van der Waals surface area contributed by atoms with Crippen molar-refractivity contribution in [3.63, 3.8) is 0 Å². The van der Waals surface area contributed by atoms with Crippen LogP contribution in [-0.4, -0.2) is 177 Å². The molecule has 0 aliphatic carbocycles. The van der Waals surface area contributed by atoms with Crippen molar-refractivity contribution in [1.29, 1.82) is 0 Å². The molecule has 0 bridgehead atoms. The number of imidazole rings is 1. The zero-order valence-electron chi connectivity index (χ0n) is 44.1. The predicted molar refractivity (Wildman–Crippen MR) is 264 cm³/mol. The molecule has 2 aromatic heterocycles. The number of nitrogens with zero attached hydrogens (tertiary/aromatic N) is 4. The topological polar surface area (TPSA) is 255 Å². The van der Waals surface area contributed by atoms with E-state index in [2.05, 4.69) is 20.6 Å². The Bertz CT molecular complexity index is 2140. The summed E-state index contributed by atoms with van der Waals surface area (Å²) in [6.45, 7) is 20.2. The molecule has 0 radical (unpaired) electrons. The van der Waals surface area contributed by atoms with Crippen molar-refractivity contribution in [1.82, 2.24) is 29.5 Å². The molecule has 2 aromatic rings. The maximum atomic E-state index is 14.7. The average molecular weight is 1050 g/mol. The number of aromatic nitrogens is 3. The maximum Gasteiger partial charge on any atom is 0.311 e. The van der Waals surface area contributed by atoms with Gasteiger partial charge in [0, 0.05) is 70.8 Å². The molecule has 5 heterocycles. The number of ether oxygens (including phenoxy) is 7. The van der Waals surface area contributed by atoms with Crippen LogP contribution in [0.4, 0.5) is 0 Å². The van der Waals surface area contributed by atoms with E-state index in [0.717, 1.165) is 6.42 Å². The van der Waals surface area contributed by atoms with Gasteiger partial charge in [-0.05, 0) is 99.2 Å². The first-order valence-corrected chi connectivity index (χ1v) is 26.8. The number of hydrogen-bond acceptors (Lipinski definition) is 18. The smallest absolute Gasteiger partial charge is 0.311 e. The summed E-state index contributed by atoms with van der Waals surface area (Å²) in [6.07, 6.45) is -4.71. The Hall–Kier alpha value is -2.61. The standard InChI is InChI=1S/C49H83ClN6O14S/c1-15-19-51-27-49(61)33(8)66-38(24-47(49,10)64-14)69-39-30(5)42(46(9,59)23-28(3)25-53-32(7)41(57)48(11,60)36(16-2)67-43(58)31(39)6)70-44-40(68-37-18-17-34(50)26-54-37)35(22-29(4)65-44)56(13)71(62,63)45-52-20-21-55(45)12/h17-18,20-21,26,28-33,35-36,38-42,44,51,53,57,59-61H,15-16,19,22-25,27H2,1-14H3/t28-,29-,30+,31-,32-,33-,35+,36-,38?,39+,40-,41-,42-,44+,46-,47+,48-,49-/m1/s1. The lowest BCUT2D eigenvalue weighted by atomic mass is 9.75. The van der Waals surface area contributed by atoms with Gasteiger partial charge in [0.2, 0.25) is 11.0 Å². The molecule has 0 spiro atoms. The number of esters is 1. The van der Waals surface area contributed by atoms with Crippen LogP contribution in [0.1, 0.15) is 108 Å². The maximum absolute atomic E-state index is 14.7. The van der Waals surface area contributed by atoms with Crippen molar-refractivity contribution in [2.24, 2.45) is 24.8 Å². The summed E-state index contributed by atoms with van der Waals surface area (Å²) in [5, 5.41) is 55.4. The highest BCUT2D eigenvalue weighted by Crippen LogP contribution is 2.44. The molecule has 406 valence electrons. The second-order valence-electron chi connectivity index (χ2n) is 21.0. The van der Waals surface area contributed by atoms with Gasteiger partial charge in [0.05, 0.1) is 47.0 Å².